The van der Waals surface area contributed by atoms with Gasteiger partial charge in [0.2, 0.25) is 5.91 Å². The van der Waals surface area contributed by atoms with Gasteiger partial charge in [-0.25, -0.2) is 4.79 Å². The van der Waals surface area contributed by atoms with Gasteiger partial charge < -0.3 is 14.8 Å². The summed E-state index contributed by atoms with van der Waals surface area (Å²) in [6, 6.07) is 14.5. The monoisotopic (exact) mass is 356 g/mol. The first-order chi connectivity index (χ1) is 12.5. The zero-order valence-corrected chi connectivity index (χ0v) is 15.3. The van der Waals surface area contributed by atoms with Crippen LogP contribution in [0.5, 0.6) is 5.75 Å². The lowest BCUT2D eigenvalue weighted by Crippen LogP contribution is -2.33. The Morgan fingerprint density at radius 1 is 1.12 bits per heavy atom. The number of rotatable bonds is 8. The number of para-hydroxylation sites is 1. The van der Waals surface area contributed by atoms with E-state index in [0.717, 1.165) is 11.3 Å². The first-order valence-corrected chi connectivity index (χ1v) is 8.35. The molecule has 0 atom stereocenters. The van der Waals surface area contributed by atoms with Crippen LogP contribution < -0.4 is 10.1 Å². The van der Waals surface area contributed by atoms with Gasteiger partial charge in [0.1, 0.15) is 12.4 Å². The van der Waals surface area contributed by atoms with Crippen molar-refractivity contribution in [1.29, 1.82) is 0 Å². The minimum Gasteiger partial charge on any atom is -0.492 e. The highest BCUT2D eigenvalue weighted by Crippen LogP contribution is 2.16. The van der Waals surface area contributed by atoms with Crippen molar-refractivity contribution >= 4 is 17.6 Å². The molecule has 0 bridgehead atoms. The van der Waals surface area contributed by atoms with Crippen LogP contribution in [0.2, 0.25) is 0 Å². The minimum absolute atomic E-state index is 0.162. The predicted molar refractivity (Wildman–Crippen MR) is 101 cm³/mol. The number of methoxy groups -OCH3 is 1. The van der Waals surface area contributed by atoms with Crippen molar-refractivity contribution in [3.05, 3.63) is 59.7 Å². The number of carbonyl (C=O) groups excluding carboxylic acids is 2. The molecule has 0 aliphatic carbocycles. The molecular formula is C20H24N2O4. The van der Waals surface area contributed by atoms with Crippen molar-refractivity contribution in [2.24, 2.45) is 0 Å². The Labute approximate surface area is 153 Å². The van der Waals surface area contributed by atoms with E-state index in [0.29, 0.717) is 24.4 Å². The van der Waals surface area contributed by atoms with Gasteiger partial charge in [-0.15, -0.1) is 0 Å². The summed E-state index contributed by atoms with van der Waals surface area (Å²) < 4.78 is 10.4. The highest BCUT2D eigenvalue weighted by atomic mass is 16.5. The molecule has 6 nitrogen and oxygen atoms in total. The van der Waals surface area contributed by atoms with Crippen molar-refractivity contribution in [2.45, 2.75) is 6.92 Å². The maximum atomic E-state index is 12.2. The zero-order valence-electron chi connectivity index (χ0n) is 15.3. The largest absolute Gasteiger partial charge is 0.492 e. The van der Waals surface area contributed by atoms with E-state index in [1.165, 1.54) is 7.11 Å². The van der Waals surface area contributed by atoms with E-state index in [1.54, 1.807) is 24.3 Å². The maximum Gasteiger partial charge on any atom is 0.337 e. The molecular weight excluding hydrogens is 332 g/mol. The van der Waals surface area contributed by atoms with Crippen LogP contribution in [-0.2, 0) is 9.53 Å². The van der Waals surface area contributed by atoms with E-state index in [4.69, 9.17) is 4.74 Å². The van der Waals surface area contributed by atoms with Gasteiger partial charge in [0.05, 0.1) is 19.2 Å². The topological polar surface area (TPSA) is 67.9 Å². The summed E-state index contributed by atoms with van der Waals surface area (Å²) in [7, 11) is 3.17. The van der Waals surface area contributed by atoms with Crippen LogP contribution >= 0.6 is 0 Å². The van der Waals surface area contributed by atoms with Crippen LogP contribution in [0.3, 0.4) is 0 Å². The van der Waals surface area contributed by atoms with Crippen molar-refractivity contribution < 1.29 is 19.1 Å². The van der Waals surface area contributed by atoms with Gasteiger partial charge in [0.25, 0.3) is 0 Å². The number of esters is 1. The molecule has 0 unspecified atom stereocenters. The van der Waals surface area contributed by atoms with Gasteiger partial charge in [0.15, 0.2) is 0 Å². The number of hydrogen-bond donors (Lipinski definition) is 1. The predicted octanol–water partition coefficient (Wildman–Crippen LogP) is 2.73. The van der Waals surface area contributed by atoms with E-state index in [9.17, 15) is 9.59 Å². The second-order valence-electron chi connectivity index (χ2n) is 5.97. The SMILES string of the molecule is COC(=O)c1cccc(NC(=O)CN(C)CCOc2ccccc2C)c1. The first-order valence-electron chi connectivity index (χ1n) is 8.35. The van der Waals surface area contributed by atoms with Gasteiger partial charge in [-0.1, -0.05) is 24.3 Å². The molecule has 0 aliphatic rings. The fourth-order valence-corrected chi connectivity index (χ4v) is 2.40. The summed E-state index contributed by atoms with van der Waals surface area (Å²) in [5.74, 6) is 0.252. The highest BCUT2D eigenvalue weighted by molar-refractivity contribution is 5.95. The molecule has 26 heavy (non-hydrogen) atoms. The molecule has 2 rings (SSSR count). The molecule has 138 valence electrons. The molecule has 1 N–H and O–H groups in total. The third-order valence-corrected chi connectivity index (χ3v) is 3.81. The molecule has 0 spiro atoms. The molecule has 0 aliphatic heterocycles. The normalized spacial score (nSPS) is 10.5. The Morgan fingerprint density at radius 3 is 2.62 bits per heavy atom. The van der Waals surface area contributed by atoms with Crippen LogP contribution in [0.15, 0.2) is 48.5 Å². The number of benzene rings is 2. The lowest BCUT2D eigenvalue weighted by atomic mass is 10.2. The van der Waals surface area contributed by atoms with Crippen LogP contribution in [0.4, 0.5) is 5.69 Å². The molecule has 0 heterocycles. The van der Waals surface area contributed by atoms with E-state index in [2.05, 4.69) is 10.1 Å². The molecule has 2 aromatic rings. The lowest BCUT2D eigenvalue weighted by molar-refractivity contribution is -0.117. The van der Waals surface area contributed by atoms with Crippen molar-refractivity contribution in [3.8, 4) is 5.75 Å². The number of amides is 1. The van der Waals surface area contributed by atoms with E-state index in [-0.39, 0.29) is 12.5 Å². The smallest absolute Gasteiger partial charge is 0.337 e. The molecule has 0 saturated carbocycles. The zero-order chi connectivity index (χ0) is 18.9. The van der Waals surface area contributed by atoms with Crippen LogP contribution in [0, 0.1) is 6.92 Å². The molecule has 2 aromatic carbocycles. The first kappa shape index (κ1) is 19.5. The maximum absolute atomic E-state index is 12.2. The van der Waals surface area contributed by atoms with Gasteiger partial charge in [0, 0.05) is 12.2 Å². The van der Waals surface area contributed by atoms with Crippen LogP contribution in [-0.4, -0.2) is 50.6 Å². The van der Waals surface area contributed by atoms with E-state index < -0.39 is 5.97 Å². The van der Waals surface area contributed by atoms with Crippen LogP contribution in [0.25, 0.3) is 0 Å². The number of ether oxygens (including phenoxy) is 2. The summed E-state index contributed by atoms with van der Waals surface area (Å²) in [5.41, 5.74) is 2.03. The molecule has 0 fully saturated rings. The summed E-state index contributed by atoms with van der Waals surface area (Å²) in [5, 5.41) is 2.78. The van der Waals surface area contributed by atoms with Gasteiger partial charge >= 0.3 is 5.97 Å². The quantitative estimate of drug-likeness (QED) is 0.737. The highest BCUT2D eigenvalue weighted by Gasteiger charge is 2.10. The van der Waals surface area contributed by atoms with Gasteiger partial charge in [-0.3, -0.25) is 9.69 Å². The number of anilines is 1. The van der Waals surface area contributed by atoms with E-state index in [1.807, 2.05) is 43.1 Å². The molecule has 0 radical (unpaired) electrons. The van der Waals surface area contributed by atoms with Gasteiger partial charge in [-0.05, 0) is 43.8 Å². The lowest BCUT2D eigenvalue weighted by Gasteiger charge is -2.17. The Bertz CT molecular complexity index is 761. The standard InChI is InChI=1S/C20H24N2O4/c1-15-7-4-5-10-18(15)26-12-11-22(2)14-19(23)21-17-9-6-8-16(13-17)20(24)25-3/h4-10,13H,11-12,14H2,1-3H3,(H,21,23). The average Bonchev–Trinajstić information content (AvgIpc) is 2.62. The van der Waals surface area contributed by atoms with Gasteiger partial charge in [-0.2, -0.15) is 0 Å². The third kappa shape index (κ3) is 5.89. The second kappa shape index (κ2) is 9.58. The fourth-order valence-electron chi connectivity index (χ4n) is 2.40. The number of likely N-dealkylation sites (N-methyl/N-ethyl adjacent to an activating group) is 1. The fraction of sp³-hybridized carbons (Fsp3) is 0.300. The third-order valence-electron chi connectivity index (χ3n) is 3.81. The Hall–Kier alpha value is -2.86. The number of carbonyl (C=O) groups is 2. The molecule has 0 saturated heterocycles. The number of hydrogen-bond acceptors (Lipinski definition) is 5. The number of nitrogens with one attached hydrogen (secondary N) is 1. The van der Waals surface area contributed by atoms with Crippen molar-refractivity contribution in [1.82, 2.24) is 4.90 Å². The number of nitrogens with zero attached hydrogens (tertiary/aromatic N) is 1. The summed E-state index contributed by atoms with van der Waals surface area (Å²) in [6.45, 7) is 3.32. The molecule has 1 amide bonds. The second-order valence-corrected chi connectivity index (χ2v) is 5.97. The van der Waals surface area contributed by atoms with Crippen molar-refractivity contribution in [3.63, 3.8) is 0 Å². The minimum atomic E-state index is -0.438. The summed E-state index contributed by atoms with van der Waals surface area (Å²) in [6.07, 6.45) is 0. The summed E-state index contributed by atoms with van der Waals surface area (Å²) >= 11 is 0. The summed E-state index contributed by atoms with van der Waals surface area (Å²) in [4.78, 5) is 25.6. The van der Waals surface area contributed by atoms with Crippen LogP contribution in [0.1, 0.15) is 15.9 Å². The Balaban J connectivity index is 1.78. The van der Waals surface area contributed by atoms with Crippen molar-refractivity contribution in [2.75, 3.05) is 39.2 Å². The molecule has 6 heteroatoms. The van der Waals surface area contributed by atoms with E-state index >= 15 is 0 Å². The molecule has 0 aromatic heterocycles. The average molecular weight is 356 g/mol. The number of aryl methyl sites for hydroxylation is 1. The Morgan fingerprint density at radius 2 is 1.88 bits per heavy atom. The Kier molecular flexibility index (Phi) is 7.17.